The average molecular weight is 537 g/mol. The Kier molecular flexibility index (Phi) is 8.77. The molecule has 0 spiro atoms. The molecule has 5 aromatic rings. The molecular formula is C33H29ClN2O3. The molecule has 0 aliphatic carbocycles. The summed E-state index contributed by atoms with van der Waals surface area (Å²) in [6.45, 7) is 7.02. The number of hydrogen-bond acceptors (Lipinski definition) is 3. The Morgan fingerprint density at radius 1 is 0.872 bits per heavy atom. The number of halogens is 1. The van der Waals surface area contributed by atoms with E-state index in [1.54, 1.807) is 0 Å². The van der Waals surface area contributed by atoms with E-state index in [0.29, 0.717) is 10.6 Å². The maximum atomic E-state index is 13.0. The van der Waals surface area contributed by atoms with E-state index in [9.17, 15) is 4.79 Å². The van der Waals surface area contributed by atoms with Gasteiger partial charge in [-0.15, -0.1) is 0 Å². The zero-order chi connectivity index (χ0) is 27.9. The highest BCUT2D eigenvalue weighted by atomic mass is 35.5. The predicted molar refractivity (Wildman–Crippen MR) is 155 cm³/mol. The molecule has 5 rings (SSSR count). The first kappa shape index (κ1) is 27.6. The Balaban J connectivity index is 0.00000112. The molecule has 0 unspecified atom stereocenters. The smallest absolute Gasteiger partial charge is 0.346 e. The van der Waals surface area contributed by atoms with Crippen LogP contribution in [0.4, 0.5) is 0 Å². The summed E-state index contributed by atoms with van der Waals surface area (Å²) in [6.07, 6.45) is 0.250. The molecule has 1 atom stereocenters. The highest BCUT2D eigenvalue weighted by Crippen LogP contribution is 2.28. The van der Waals surface area contributed by atoms with Gasteiger partial charge < -0.3 is 9.88 Å². The van der Waals surface area contributed by atoms with Crippen molar-refractivity contribution in [3.05, 3.63) is 130 Å². The minimum absolute atomic E-state index is 0.0920. The Morgan fingerprint density at radius 3 is 2.21 bits per heavy atom. The van der Waals surface area contributed by atoms with Gasteiger partial charge in [0.1, 0.15) is 0 Å². The molecule has 1 heterocycles. The molecule has 1 aromatic heterocycles. The van der Waals surface area contributed by atoms with E-state index in [1.807, 2.05) is 49.4 Å². The van der Waals surface area contributed by atoms with Gasteiger partial charge in [-0.25, -0.2) is 0 Å². The fourth-order valence-electron chi connectivity index (χ4n) is 4.75. The van der Waals surface area contributed by atoms with Crippen molar-refractivity contribution in [3.63, 3.8) is 0 Å². The summed E-state index contributed by atoms with van der Waals surface area (Å²) in [6, 6.07) is 32.6. The van der Waals surface area contributed by atoms with E-state index in [2.05, 4.69) is 78.3 Å². The van der Waals surface area contributed by atoms with Crippen LogP contribution in [0.1, 0.15) is 45.7 Å². The number of carbonyl (C=O) groups excluding carboxylic acids is 3. The molecule has 0 saturated carbocycles. The predicted octanol–water partition coefficient (Wildman–Crippen LogP) is 7.53. The summed E-state index contributed by atoms with van der Waals surface area (Å²) in [7, 11) is 0. The normalized spacial score (nSPS) is 11.3. The van der Waals surface area contributed by atoms with Gasteiger partial charge in [-0.2, -0.15) is 9.59 Å². The van der Waals surface area contributed by atoms with Gasteiger partial charge in [-0.1, -0.05) is 78.3 Å². The topological polar surface area (TPSA) is 68.2 Å². The standard InChI is InChI=1S/C32H29ClN2O.CO2/c1-21-23(3)35(20-24-12-14-26(15-13-24)25-8-5-4-6-9-25)31-17-16-28(19-30(21)31)32(36)34-22(2)27-10-7-11-29(33)18-27;2-1-3/h4-19,22H,20H2,1-3H3,(H,34,36);/t22-;/m1./s1. The van der Waals surface area contributed by atoms with Crippen LogP contribution in [0, 0.1) is 13.8 Å². The SMILES string of the molecule is Cc1c(C)n(Cc2ccc(-c3ccccc3)cc2)c2ccc(C(=O)N[C@H](C)c3cccc(Cl)c3)cc12.O=C=O. The Hall–Kier alpha value is -4.44. The zero-order valence-electron chi connectivity index (χ0n) is 22.1. The third-order valence-corrected chi connectivity index (χ3v) is 7.23. The molecule has 1 amide bonds. The van der Waals surface area contributed by atoms with Crippen LogP contribution in [0.15, 0.2) is 97.1 Å². The van der Waals surface area contributed by atoms with Crippen molar-refractivity contribution in [2.45, 2.75) is 33.4 Å². The number of nitrogens with zero attached hydrogens (tertiary/aromatic N) is 1. The number of aryl methyl sites for hydroxylation is 1. The number of aromatic nitrogens is 1. The van der Waals surface area contributed by atoms with Crippen LogP contribution < -0.4 is 5.32 Å². The molecule has 0 bridgehead atoms. The third-order valence-electron chi connectivity index (χ3n) is 7.00. The van der Waals surface area contributed by atoms with E-state index in [4.69, 9.17) is 21.2 Å². The van der Waals surface area contributed by atoms with Gasteiger partial charge in [-0.3, -0.25) is 4.79 Å². The number of nitrogens with one attached hydrogen (secondary N) is 1. The van der Waals surface area contributed by atoms with Gasteiger partial charge in [0, 0.05) is 33.7 Å². The van der Waals surface area contributed by atoms with Crippen molar-refractivity contribution in [1.29, 1.82) is 0 Å². The van der Waals surface area contributed by atoms with Crippen LogP contribution in [-0.2, 0) is 16.1 Å². The minimum Gasteiger partial charge on any atom is -0.346 e. The van der Waals surface area contributed by atoms with Gasteiger partial charge in [0.15, 0.2) is 0 Å². The molecule has 1 N–H and O–H groups in total. The lowest BCUT2D eigenvalue weighted by molar-refractivity contribution is -0.191. The lowest BCUT2D eigenvalue weighted by Crippen LogP contribution is -2.26. The first-order valence-electron chi connectivity index (χ1n) is 12.6. The second kappa shape index (κ2) is 12.4. The molecule has 39 heavy (non-hydrogen) atoms. The second-order valence-electron chi connectivity index (χ2n) is 9.42. The molecule has 0 radical (unpaired) electrons. The minimum atomic E-state index is -0.141. The molecule has 6 heteroatoms. The summed E-state index contributed by atoms with van der Waals surface area (Å²) in [5.74, 6) is -0.0920. The maximum Gasteiger partial charge on any atom is 0.373 e. The monoisotopic (exact) mass is 536 g/mol. The highest BCUT2D eigenvalue weighted by Gasteiger charge is 2.16. The quantitative estimate of drug-likeness (QED) is 0.244. The fraction of sp³-hybridized carbons (Fsp3) is 0.152. The van der Waals surface area contributed by atoms with Crippen molar-refractivity contribution < 1.29 is 14.4 Å². The summed E-state index contributed by atoms with van der Waals surface area (Å²) < 4.78 is 2.33. The maximum absolute atomic E-state index is 13.0. The van der Waals surface area contributed by atoms with Gasteiger partial charge in [-0.05, 0) is 78.9 Å². The first-order chi connectivity index (χ1) is 18.8. The van der Waals surface area contributed by atoms with Gasteiger partial charge >= 0.3 is 6.15 Å². The van der Waals surface area contributed by atoms with Crippen molar-refractivity contribution in [2.75, 3.05) is 0 Å². The average Bonchev–Trinajstić information content (AvgIpc) is 3.18. The lowest BCUT2D eigenvalue weighted by Gasteiger charge is -2.15. The summed E-state index contributed by atoms with van der Waals surface area (Å²) >= 11 is 6.12. The Morgan fingerprint density at radius 2 is 1.54 bits per heavy atom. The number of rotatable bonds is 6. The van der Waals surface area contributed by atoms with E-state index in [-0.39, 0.29) is 18.1 Å². The zero-order valence-corrected chi connectivity index (χ0v) is 22.8. The first-order valence-corrected chi connectivity index (χ1v) is 13.0. The highest BCUT2D eigenvalue weighted by molar-refractivity contribution is 6.30. The van der Waals surface area contributed by atoms with Gasteiger partial charge in [0.2, 0.25) is 0 Å². The van der Waals surface area contributed by atoms with Gasteiger partial charge in [0.05, 0.1) is 6.04 Å². The number of benzene rings is 4. The number of hydrogen-bond donors (Lipinski definition) is 1. The van der Waals surface area contributed by atoms with Crippen LogP contribution in [-0.4, -0.2) is 16.6 Å². The summed E-state index contributed by atoms with van der Waals surface area (Å²) in [4.78, 5) is 29.3. The van der Waals surface area contributed by atoms with Crippen LogP contribution in [0.25, 0.3) is 22.0 Å². The molecule has 5 nitrogen and oxygen atoms in total. The summed E-state index contributed by atoms with van der Waals surface area (Å²) in [5, 5.41) is 4.87. The van der Waals surface area contributed by atoms with Crippen LogP contribution in [0.3, 0.4) is 0 Å². The number of carbonyl (C=O) groups is 1. The third kappa shape index (κ3) is 6.35. The Bertz CT molecular complexity index is 1630. The largest absolute Gasteiger partial charge is 0.373 e. The van der Waals surface area contributed by atoms with Gasteiger partial charge in [0.25, 0.3) is 5.91 Å². The van der Waals surface area contributed by atoms with E-state index < -0.39 is 0 Å². The molecule has 196 valence electrons. The van der Waals surface area contributed by atoms with E-state index >= 15 is 0 Å². The van der Waals surface area contributed by atoms with Crippen LogP contribution in [0.2, 0.25) is 5.02 Å². The number of amides is 1. The van der Waals surface area contributed by atoms with Crippen molar-refractivity contribution in [3.8, 4) is 11.1 Å². The molecular weight excluding hydrogens is 508 g/mol. The van der Waals surface area contributed by atoms with Crippen molar-refractivity contribution >= 4 is 34.6 Å². The van der Waals surface area contributed by atoms with Crippen molar-refractivity contribution in [1.82, 2.24) is 9.88 Å². The Labute approximate surface area is 233 Å². The van der Waals surface area contributed by atoms with Crippen molar-refractivity contribution in [2.24, 2.45) is 0 Å². The summed E-state index contributed by atoms with van der Waals surface area (Å²) in [5.41, 5.74) is 8.86. The lowest BCUT2D eigenvalue weighted by atomic mass is 10.0. The van der Waals surface area contributed by atoms with E-state index in [0.717, 1.165) is 23.0 Å². The second-order valence-corrected chi connectivity index (χ2v) is 9.86. The molecule has 0 saturated heterocycles. The molecule has 4 aromatic carbocycles. The van der Waals surface area contributed by atoms with Crippen LogP contribution >= 0.6 is 11.6 Å². The molecule has 0 aliphatic heterocycles. The van der Waals surface area contributed by atoms with Crippen LogP contribution in [0.5, 0.6) is 0 Å². The van der Waals surface area contributed by atoms with E-state index in [1.165, 1.54) is 27.9 Å². The molecule has 0 aliphatic rings. The molecule has 0 fully saturated rings. The fourth-order valence-corrected chi connectivity index (χ4v) is 4.95. The number of fused-ring (bicyclic) bond motifs is 1.